The van der Waals surface area contributed by atoms with Crippen LogP contribution in [0.5, 0.6) is 0 Å². The van der Waals surface area contributed by atoms with Gasteiger partial charge in [0.1, 0.15) is 5.03 Å². The van der Waals surface area contributed by atoms with Gasteiger partial charge in [-0.15, -0.1) is 0 Å². The number of imide groups is 1. The van der Waals surface area contributed by atoms with E-state index >= 15 is 0 Å². The largest absolute Gasteiger partial charge is 0.452 e. The Morgan fingerprint density at radius 2 is 2.04 bits per heavy atom. The highest BCUT2D eigenvalue weighted by molar-refractivity contribution is 7.99. The zero-order chi connectivity index (χ0) is 19.4. The fraction of sp³-hybridized carbons (Fsp3) is 0.300. The summed E-state index contributed by atoms with van der Waals surface area (Å²) >= 11 is 1.36. The van der Waals surface area contributed by atoms with E-state index in [-0.39, 0.29) is 5.91 Å². The molecule has 1 aliphatic heterocycles. The molecule has 1 fully saturated rings. The monoisotopic (exact) mass is 384 g/mol. The summed E-state index contributed by atoms with van der Waals surface area (Å²) in [5.74, 6) is -1.34. The van der Waals surface area contributed by atoms with Gasteiger partial charge in [0.05, 0.1) is 5.56 Å². The lowest BCUT2D eigenvalue weighted by atomic mass is 10.1. The van der Waals surface area contributed by atoms with Gasteiger partial charge >= 0.3 is 5.97 Å². The number of benzene rings is 1. The van der Waals surface area contributed by atoms with E-state index in [1.807, 2.05) is 32.0 Å². The number of nitrogens with zero attached hydrogens (tertiary/aromatic N) is 2. The molecule has 1 aliphatic rings. The van der Waals surface area contributed by atoms with E-state index in [0.29, 0.717) is 30.0 Å². The van der Waals surface area contributed by atoms with Crippen molar-refractivity contribution >= 4 is 29.5 Å². The molecular weight excluding hydrogens is 364 g/mol. The van der Waals surface area contributed by atoms with Crippen LogP contribution in [0.1, 0.15) is 34.3 Å². The van der Waals surface area contributed by atoms with E-state index in [0.717, 1.165) is 15.4 Å². The highest BCUT2D eigenvalue weighted by Crippen LogP contribution is 2.30. The fourth-order valence-corrected chi connectivity index (χ4v) is 3.68. The molecule has 0 atom stereocenters. The average Bonchev–Trinajstić information content (AvgIpc) is 3.09. The van der Waals surface area contributed by atoms with Crippen LogP contribution in [0.25, 0.3) is 0 Å². The molecule has 2 aromatic rings. The third-order valence-corrected chi connectivity index (χ3v) is 5.39. The number of carbonyl (C=O) groups is 3. The SMILES string of the molecule is Cc1ccc(Sc2ncccc2C(=O)OCC(=O)N2CCCC2=O)cc1C. The summed E-state index contributed by atoms with van der Waals surface area (Å²) in [5, 5.41) is 0.510. The standard InChI is InChI=1S/C20H20N2O4S/c1-13-7-8-15(11-14(13)2)27-19-16(5-3-9-21-19)20(25)26-12-18(24)22-10-4-6-17(22)23/h3,5,7-9,11H,4,6,10,12H2,1-2H3. The summed E-state index contributed by atoms with van der Waals surface area (Å²) in [4.78, 5) is 42.5. The summed E-state index contributed by atoms with van der Waals surface area (Å²) in [5.41, 5.74) is 2.64. The van der Waals surface area contributed by atoms with Crippen LogP contribution in [0, 0.1) is 13.8 Å². The van der Waals surface area contributed by atoms with Crippen molar-refractivity contribution in [2.75, 3.05) is 13.2 Å². The Balaban J connectivity index is 1.69. The van der Waals surface area contributed by atoms with Crippen LogP contribution in [0.15, 0.2) is 46.5 Å². The van der Waals surface area contributed by atoms with Crippen molar-refractivity contribution < 1.29 is 19.1 Å². The highest BCUT2D eigenvalue weighted by atomic mass is 32.2. The molecule has 0 unspecified atom stereocenters. The summed E-state index contributed by atoms with van der Waals surface area (Å²) in [6, 6.07) is 9.28. The predicted molar refractivity (Wildman–Crippen MR) is 101 cm³/mol. The third kappa shape index (κ3) is 4.54. The lowest BCUT2D eigenvalue weighted by molar-refractivity contribution is -0.143. The van der Waals surface area contributed by atoms with Crippen molar-refractivity contribution in [2.45, 2.75) is 36.6 Å². The van der Waals surface area contributed by atoms with Crippen molar-refractivity contribution in [1.82, 2.24) is 9.88 Å². The maximum absolute atomic E-state index is 12.4. The lowest BCUT2D eigenvalue weighted by Gasteiger charge is -2.14. The summed E-state index contributed by atoms with van der Waals surface area (Å²) in [6.07, 6.45) is 2.62. The van der Waals surface area contributed by atoms with Crippen LogP contribution in [0.3, 0.4) is 0 Å². The Labute approximate surface area is 161 Å². The number of amides is 2. The van der Waals surface area contributed by atoms with Crippen molar-refractivity contribution in [3.8, 4) is 0 Å². The van der Waals surface area contributed by atoms with Gasteiger partial charge < -0.3 is 4.74 Å². The first kappa shape index (κ1) is 19.1. The molecule has 0 spiro atoms. The molecule has 3 rings (SSSR count). The van der Waals surface area contributed by atoms with Crippen LogP contribution in [-0.4, -0.2) is 40.8 Å². The normalized spacial score (nSPS) is 13.7. The van der Waals surface area contributed by atoms with Crippen LogP contribution in [0.2, 0.25) is 0 Å². The number of hydrogen-bond acceptors (Lipinski definition) is 6. The van der Waals surface area contributed by atoms with Crippen LogP contribution < -0.4 is 0 Å². The van der Waals surface area contributed by atoms with E-state index < -0.39 is 18.5 Å². The van der Waals surface area contributed by atoms with Crippen LogP contribution in [0.4, 0.5) is 0 Å². The van der Waals surface area contributed by atoms with Gasteiger partial charge in [-0.3, -0.25) is 14.5 Å². The number of esters is 1. The number of hydrogen-bond donors (Lipinski definition) is 0. The van der Waals surface area contributed by atoms with Crippen LogP contribution in [-0.2, 0) is 14.3 Å². The molecule has 27 heavy (non-hydrogen) atoms. The molecule has 2 heterocycles. The predicted octanol–water partition coefficient (Wildman–Crippen LogP) is 3.16. The fourth-order valence-electron chi connectivity index (χ4n) is 2.71. The highest BCUT2D eigenvalue weighted by Gasteiger charge is 2.27. The first-order valence-electron chi connectivity index (χ1n) is 8.66. The van der Waals surface area contributed by atoms with E-state index in [1.165, 1.54) is 17.3 Å². The van der Waals surface area contributed by atoms with Gasteiger partial charge in [-0.25, -0.2) is 9.78 Å². The van der Waals surface area contributed by atoms with Crippen LogP contribution >= 0.6 is 11.8 Å². The first-order valence-corrected chi connectivity index (χ1v) is 9.48. The van der Waals surface area contributed by atoms with E-state index in [1.54, 1.807) is 18.3 Å². The first-order chi connectivity index (χ1) is 13.0. The van der Waals surface area contributed by atoms with Gasteiger partial charge in [0.2, 0.25) is 5.91 Å². The Hall–Kier alpha value is -2.67. The minimum absolute atomic E-state index is 0.219. The van der Waals surface area contributed by atoms with Gasteiger partial charge in [0.15, 0.2) is 6.61 Å². The van der Waals surface area contributed by atoms with E-state index in [4.69, 9.17) is 4.74 Å². The number of aryl methyl sites for hydroxylation is 2. The van der Waals surface area contributed by atoms with E-state index in [2.05, 4.69) is 4.98 Å². The summed E-state index contributed by atoms with van der Waals surface area (Å²) in [7, 11) is 0. The van der Waals surface area contributed by atoms with Gasteiger partial charge in [-0.2, -0.15) is 0 Å². The molecule has 6 nitrogen and oxygen atoms in total. The smallest absolute Gasteiger partial charge is 0.341 e. The summed E-state index contributed by atoms with van der Waals surface area (Å²) < 4.78 is 5.14. The minimum atomic E-state index is -0.630. The number of pyridine rings is 1. The second kappa shape index (κ2) is 8.35. The molecule has 140 valence electrons. The molecule has 1 aromatic heterocycles. The van der Waals surface area contributed by atoms with Crippen molar-refractivity contribution in [1.29, 1.82) is 0 Å². The molecule has 0 radical (unpaired) electrons. The van der Waals surface area contributed by atoms with Gasteiger partial charge in [-0.1, -0.05) is 17.8 Å². The van der Waals surface area contributed by atoms with Crippen molar-refractivity contribution in [3.63, 3.8) is 0 Å². The Morgan fingerprint density at radius 1 is 1.22 bits per heavy atom. The molecule has 0 bridgehead atoms. The molecule has 2 amide bonds. The second-order valence-electron chi connectivity index (χ2n) is 6.32. The number of carbonyl (C=O) groups excluding carboxylic acids is 3. The zero-order valence-electron chi connectivity index (χ0n) is 15.2. The third-order valence-electron chi connectivity index (χ3n) is 4.39. The molecule has 1 aromatic carbocycles. The number of aromatic nitrogens is 1. The number of rotatable bonds is 5. The van der Waals surface area contributed by atoms with Gasteiger partial charge in [-0.05, 0) is 55.7 Å². The number of likely N-dealkylation sites (tertiary alicyclic amines) is 1. The topological polar surface area (TPSA) is 76.6 Å². The average molecular weight is 384 g/mol. The lowest BCUT2D eigenvalue weighted by Crippen LogP contribution is -2.35. The molecule has 0 saturated carbocycles. The van der Waals surface area contributed by atoms with Gasteiger partial charge in [0.25, 0.3) is 5.91 Å². The molecule has 0 aliphatic carbocycles. The molecular formula is C20H20N2O4S. The van der Waals surface area contributed by atoms with E-state index in [9.17, 15) is 14.4 Å². The van der Waals surface area contributed by atoms with Crippen molar-refractivity contribution in [3.05, 3.63) is 53.2 Å². The maximum atomic E-state index is 12.4. The van der Waals surface area contributed by atoms with Crippen molar-refractivity contribution in [2.24, 2.45) is 0 Å². The molecule has 0 N–H and O–H groups in total. The van der Waals surface area contributed by atoms with Gasteiger partial charge in [0, 0.05) is 24.1 Å². The maximum Gasteiger partial charge on any atom is 0.341 e. The molecule has 7 heteroatoms. The summed E-state index contributed by atoms with van der Waals surface area (Å²) in [6.45, 7) is 4.00. The zero-order valence-corrected chi connectivity index (χ0v) is 16.0. The minimum Gasteiger partial charge on any atom is -0.452 e. The molecule has 1 saturated heterocycles. The Bertz CT molecular complexity index is 897. The number of ether oxygens (including phenoxy) is 1. The quantitative estimate of drug-likeness (QED) is 0.737. The Morgan fingerprint density at radius 3 is 2.74 bits per heavy atom. The Kier molecular flexibility index (Phi) is 5.91. The second-order valence-corrected chi connectivity index (χ2v) is 7.39.